The van der Waals surface area contributed by atoms with Crippen LogP contribution >= 0.6 is 0 Å². The van der Waals surface area contributed by atoms with Gasteiger partial charge >= 0.3 is 0 Å². The quantitative estimate of drug-likeness (QED) is 0.849. The summed E-state index contributed by atoms with van der Waals surface area (Å²) in [5.74, 6) is 2.06. The van der Waals surface area contributed by atoms with Crippen molar-refractivity contribution in [3.63, 3.8) is 0 Å². The highest BCUT2D eigenvalue weighted by Crippen LogP contribution is 2.37. The van der Waals surface area contributed by atoms with E-state index in [-0.39, 0.29) is 5.60 Å². The monoisotopic (exact) mass is 279 g/mol. The van der Waals surface area contributed by atoms with Gasteiger partial charge in [-0.1, -0.05) is 0 Å². The van der Waals surface area contributed by atoms with E-state index in [1.54, 1.807) is 0 Å². The molecular formula is C16H25NO3. The summed E-state index contributed by atoms with van der Waals surface area (Å²) in [6.07, 6.45) is 3.58. The minimum atomic E-state index is 0.0788. The average molecular weight is 279 g/mol. The van der Waals surface area contributed by atoms with Gasteiger partial charge in [0.05, 0.1) is 24.9 Å². The molecule has 2 fully saturated rings. The van der Waals surface area contributed by atoms with Crippen molar-refractivity contribution in [2.24, 2.45) is 0 Å². The van der Waals surface area contributed by atoms with E-state index < -0.39 is 0 Å². The van der Waals surface area contributed by atoms with Gasteiger partial charge in [-0.2, -0.15) is 0 Å². The number of hydrogen-bond acceptors (Lipinski definition) is 4. The van der Waals surface area contributed by atoms with E-state index in [2.05, 4.69) is 17.9 Å². The molecule has 0 amide bonds. The van der Waals surface area contributed by atoms with Crippen LogP contribution in [0.3, 0.4) is 0 Å². The average Bonchev–Trinajstić information content (AvgIpc) is 3.01. The van der Waals surface area contributed by atoms with E-state index in [0.29, 0.717) is 6.10 Å². The molecule has 3 heterocycles. The maximum Gasteiger partial charge on any atom is 0.118 e. The molecule has 2 saturated heterocycles. The molecule has 4 nitrogen and oxygen atoms in total. The summed E-state index contributed by atoms with van der Waals surface area (Å²) < 4.78 is 17.4. The first-order chi connectivity index (χ1) is 9.69. The highest BCUT2D eigenvalue weighted by Gasteiger charge is 2.42. The smallest absolute Gasteiger partial charge is 0.118 e. The number of aryl methyl sites for hydroxylation is 1. The molecular weight excluding hydrogens is 254 g/mol. The van der Waals surface area contributed by atoms with Gasteiger partial charge in [-0.05, 0) is 38.8 Å². The Morgan fingerprint density at radius 1 is 1.35 bits per heavy atom. The zero-order valence-corrected chi connectivity index (χ0v) is 12.6. The zero-order valence-electron chi connectivity index (χ0n) is 12.6. The molecule has 2 aliphatic rings. The third-order valence-corrected chi connectivity index (χ3v) is 4.52. The van der Waals surface area contributed by atoms with Gasteiger partial charge < -0.3 is 13.9 Å². The van der Waals surface area contributed by atoms with Crippen LogP contribution in [0, 0.1) is 6.92 Å². The van der Waals surface area contributed by atoms with Gasteiger partial charge in [0.1, 0.15) is 11.5 Å². The summed E-state index contributed by atoms with van der Waals surface area (Å²) in [6.45, 7) is 8.68. The summed E-state index contributed by atoms with van der Waals surface area (Å²) in [5.41, 5.74) is 0.0788. The van der Waals surface area contributed by atoms with E-state index in [9.17, 15) is 0 Å². The Balaban J connectivity index is 1.50. The van der Waals surface area contributed by atoms with Crippen LogP contribution in [-0.2, 0) is 16.0 Å². The molecule has 1 atom stereocenters. The Morgan fingerprint density at radius 2 is 2.15 bits per heavy atom. The van der Waals surface area contributed by atoms with E-state index in [4.69, 9.17) is 13.9 Å². The van der Waals surface area contributed by atoms with Crippen molar-refractivity contribution < 1.29 is 13.9 Å². The lowest BCUT2D eigenvalue weighted by Crippen LogP contribution is -2.43. The molecule has 0 N–H and O–H groups in total. The normalized spacial score (nSPS) is 26.4. The van der Waals surface area contributed by atoms with Crippen LogP contribution in [0.2, 0.25) is 0 Å². The second kappa shape index (κ2) is 5.88. The summed E-state index contributed by atoms with van der Waals surface area (Å²) in [5, 5.41) is 0. The topological polar surface area (TPSA) is 34.8 Å². The molecule has 0 aromatic carbocycles. The Bertz CT molecular complexity index is 435. The van der Waals surface area contributed by atoms with Crippen LogP contribution < -0.4 is 0 Å². The van der Waals surface area contributed by atoms with E-state index in [1.165, 1.54) is 0 Å². The number of likely N-dealkylation sites (tertiary alicyclic amines) is 1. The molecule has 1 aromatic rings. The number of hydrogen-bond donors (Lipinski definition) is 0. The SMILES string of the molecule is CCO[C@H]1COC2(CCN(Cc3ccc(C)o3)CC2)C1. The van der Waals surface area contributed by atoms with Gasteiger partial charge in [-0.15, -0.1) is 0 Å². The standard InChI is InChI=1S/C16H25NO3/c1-3-18-15-10-16(19-12-15)6-8-17(9-7-16)11-14-5-4-13(2)20-14/h4-5,15H,3,6-12H2,1-2H3/t15-/m1/s1. The zero-order chi connectivity index (χ0) is 14.0. The largest absolute Gasteiger partial charge is 0.465 e. The summed E-state index contributed by atoms with van der Waals surface area (Å²) in [7, 11) is 0. The molecule has 3 rings (SSSR count). The van der Waals surface area contributed by atoms with Crippen molar-refractivity contribution in [2.45, 2.75) is 51.4 Å². The Hall–Kier alpha value is -0.840. The van der Waals surface area contributed by atoms with Crippen molar-refractivity contribution in [1.29, 1.82) is 0 Å². The number of piperidine rings is 1. The number of furan rings is 1. The Kier molecular flexibility index (Phi) is 4.15. The predicted molar refractivity (Wildman–Crippen MR) is 76.7 cm³/mol. The van der Waals surface area contributed by atoms with Gasteiger partial charge in [-0.3, -0.25) is 4.90 Å². The number of rotatable bonds is 4. The molecule has 0 aliphatic carbocycles. The molecule has 20 heavy (non-hydrogen) atoms. The molecule has 0 bridgehead atoms. The molecule has 0 radical (unpaired) electrons. The second-order valence-corrected chi connectivity index (χ2v) is 6.06. The van der Waals surface area contributed by atoms with E-state index >= 15 is 0 Å². The van der Waals surface area contributed by atoms with E-state index in [1.807, 2.05) is 13.0 Å². The second-order valence-electron chi connectivity index (χ2n) is 6.06. The fourth-order valence-corrected chi connectivity index (χ4v) is 3.40. The van der Waals surface area contributed by atoms with Gasteiger partial charge in [0, 0.05) is 26.1 Å². The van der Waals surface area contributed by atoms with Crippen molar-refractivity contribution >= 4 is 0 Å². The lowest BCUT2D eigenvalue weighted by atomic mass is 9.88. The first-order valence-electron chi connectivity index (χ1n) is 7.72. The Morgan fingerprint density at radius 3 is 2.80 bits per heavy atom. The van der Waals surface area contributed by atoms with Crippen LogP contribution in [0.25, 0.3) is 0 Å². The maximum absolute atomic E-state index is 6.07. The van der Waals surface area contributed by atoms with Gasteiger partial charge in [0.25, 0.3) is 0 Å². The summed E-state index contributed by atoms with van der Waals surface area (Å²) in [6, 6.07) is 4.12. The molecule has 0 unspecified atom stereocenters. The fourth-order valence-electron chi connectivity index (χ4n) is 3.40. The Labute approximate surface area is 121 Å². The first-order valence-corrected chi connectivity index (χ1v) is 7.72. The van der Waals surface area contributed by atoms with Crippen LogP contribution in [0.1, 0.15) is 37.7 Å². The number of ether oxygens (including phenoxy) is 2. The van der Waals surface area contributed by atoms with Gasteiger partial charge in [0.2, 0.25) is 0 Å². The maximum atomic E-state index is 6.07. The number of nitrogens with zero attached hydrogens (tertiary/aromatic N) is 1. The van der Waals surface area contributed by atoms with Crippen LogP contribution in [0.4, 0.5) is 0 Å². The molecule has 112 valence electrons. The highest BCUT2D eigenvalue weighted by atomic mass is 16.6. The first kappa shape index (κ1) is 14.1. The molecule has 4 heteroatoms. The molecule has 1 spiro atoms. The predicted octanol–water partition coefficient (Wildman–Crippen LogP) is 2.75. The summed E-state index contributed by atoms with van der Waals surface area (Å²) >= 11 is 0. The minimum absolute atomic E-state index is 0.0788. The lowest BCUT2D eigenvalue weighted by molar-refractivity contribution is -0.0472. The minimum Gasteiger partial charge on any atom is -0.465 e. The lowest BCUT2D eigenvalue weighted by Gasteiger charge is -2.38. The molecule has 2 aliphatic heterocycles. The van der Waals surface area contributed by atoms with Gasteiger partial charge in [0.15, 0.2) is 0 Å². The van der Waals surface area contributed by atoms with Crippen molar-refractivity contribution in [3.8, 4) is 0 Å². The van der Waals surface area contributed by atoms with Crippen molar-refractivity contribution in [2.75, 3.05) is 26.3 Å². The van der Waals surface area contributed by atoms with Crippen molar-refractivity contribution in [3.05, 3.63) is 23.7 Å². The van der Waals surface area contributed by atoms with Crippen LogP contribution in [-0.4, -0.2) is 42.9 Å². The third kappa shape index (κ3) is 3.08. The molecule has 1 aromatic heterocycles. The van der Waals surface area contributed by atoms with E-state index in [0.717, 1.165) is 63.6 Å². The van der Waals surface area contributed by atoms with Crippen LogP contribution in [0.15, 0.2) is 16.5 Å². The van der Waals surface area contributed by atoms with Gasteiger partial charge in [-0.25, -0.2) is 0 Å². The fraction of sp³-hybridized carbons (Fsp3) is 0.750. The van der Waals surface area contributed by atoms with Crippen molar-refractivity contribution in [1.82, 2.24) is 4.90 Å². The third-order valence-electron chi connectivity index (χ3n) is 4.52. The van der Waals surface area contributed by atoms with Crippen LogP contribution in [0.5, 0.6) is 0 Å². The highest BCUT2D eigenvalue weighted by molar-refractivity contribution is 5.06. The molecule has 0 saturated carbocycles. The summed E-state index contributed by atoms with van der Waals surface area (Å²) in [4.78, 5) is 2.46.